The lowest BCUT2D eigenvalue weighted by Crippen LogP contribution is -2.38. The normalized spacial score (nSPS) is 37.2. The van der Waals surface area contributed by atoms with E-state index in [0.717, 1.165) is 0 Å². The molecule has 0 amide bonds. The summed E-state index contributed by atoms with van der Waals surface area (Å²) in [6.07, 6.45) is -8.35. The molecule has 2 N–H and O–H groups in total. The van der Waals surface area contributed by atoms with Gasteiger partial charge >= 0.3 is 19.5 Å². The number of benzene rings is 1. The first-order valence-electron chi connectivity index (χ1n) is 12.4. The molecule has 1 aromatic rings. The van der Waals surface area contributed by atoms with Gasteiger partial charge in [0.15, 0.2) is 12.2 Å². The van der Waals surface area contributed by atoms with Gasteiger partial charge in [0.2, 0.25) is 0 Å². The van der Waals surface area contributed by atoms with Crippen LogP contribution < -0.4 is 5.30 Å². The fraction of sp³-hybridized carbons (Fsp3) is 0.667. The predicted octanol–water partition coefficient (Wildman–Crippen LogP) is -0.544. The van der Waals surface area contributed by atoms with Gasteiger partial charge in [0.05, 0.1) is 31.7 Å². The third-order valence-corrected chi connectivity index (χ3v) is 8.79. The number of ether oxygens (including phenoxy) is 6. The average Bonchev–Trinajstić information content (AvgIpc) is 3.66. The molecule has 4 aliphatic rings. The van der Waals surface area contributed by atoms with Crippen molar-refractivity contribution in [3.63, 3.8) is 0 Å². The van der Waals surface area contributed by atoms with Crippen LogP contribution in [0.1, 0.15) is 13.8 Å². The van der Waals surface area contributed by atoms with Gasteiger partial charge in [0.1, 0.15) is 48.8 Å². The van der Waals surface area contributed by atoms with E-state index in [1.165, 1.54) is 13.8 Å². The van der Waals surface area contributed by atoms with Gasteiger partial charge in [-0.05, 0) is 26.0 Å². The number of carbonyl (C=O) groups excluding carboxylic acids is 2. The van der Waals surface area contributed by atoms with Crippen molar-refractivity contribution in [3.8, 4) is 0 Å². The van der Waals surface area contributed by atoms with Crippen molar-refractivity contribution in [2.24, 2.45) is 0 Å². The summed E-state index contributed by atoms with van der Waals surface area (Å²) in [7, 11) is -4.01. The van der Waals surface area contributed by atoms with E-state index in [4.69, 9.17) is 37.5 Å². The Hall–Kier alpha value is -1.93. The monoisotopic (exact) mass is 558 g/mol. The number of hydrogen-bond acceptors (Lipinski definition) is 13. The number of esters is 2. The minimum atomic E-state index is -4.01. The van der Waals surface area contributed by atoms with E-state index < -0.39 is 80.6 Å². The van der Waals surface area contributed by atoms with Crippen molar-refractivity contribution in [2.45, 2.75) is 74.9 Å². The second-order valence-corrected chi connectivity index (χ2v) is 11.5. The Balaban J connectivity index is 1.28. The second kappa shape index (κ2) is 11.3. The molecule has 11 atom stereocenters. The molecule has 13 nitrogen and oxygen atoms in total. The van der Waals surface area contributed by atoms with E-state index in [2.05, 4.69) is 0 Å². The maximum absolute atomic E-state index is 14.3. The molecular weight excluding hydrogens is 527 g/mol. The number of hydrogen-bond donors (Lipinski definition) is 2. The van der Waals surface area contributed by atoms with E-state index in [0.29, 0.717) is 5.30 Å². The van der Waals surface area contributed by atoms with Crippen molar-refractivity contribution in [2.75, 3.05) is 26.4 Å². The molecule has 3 unspecified atom stereocenters. The van der Waals surface area contributed by atoms with E-state index in [1.54, 1.807) is 30.3 Å². The SMILES string of the molecule is CC(O)C(=O)O[C@H]1CO[C@H]2[C@@H]1OC[C@H]2OP(=O)(O[C@H]1CO[C@H]2[C@@H]1OC[C@H]2OC(=O)C(C)O)c1ccccc1. The molecule has 0 aliphatic carbocycles. The van der Waals surface area contributed by atoms with Crippen LogP contribution in [0.5, 0.6) is 0 Å². The van der Waals surface area contributed by atoms with Crippen molar-refractivity contribution in [3.05, 3.63) is 30.3 Å². The minimum absolute atomic E-state index is 0.0132. The molecule has 0 bridgehead atoms. The van der Waals surface area contributed by atoms with Crippen LogP contribution in [0.2, 0.25) is 0 Å². The molecule has 1 aromatic carbocycles. The maximum atomic E-state index is 14.3. The van der Waals surface area contributed by atoms with Crippen LogP contribution in [0.15, 0.2) is 30.3 Å². The fourth-order valence-corrected chi connectivity index (χ4v) is 6.76. The molecule has 0 radical (unpaired) electrons. The van der Waals surface area contributed by atoms with Crippen molar-refractivity contribution < 1.29 is 61.8 Å². The van der Waals surface area contributed by atoms with E-state index >= 15 is 0 Å². The van der Waals surface area contributed by atoms with Crippen LogP contribution in [0.4, 0.5) is 0 Å². The largest absolute Gasteiger partial charge is 0.455 e. The lowest BCUT2D eigenvalue weighted by molar-refractivity contribution is -0.163. The third kappa shape index (κ3) is 5.53. The molecule has 4 aliphatic heterocycles. The number of carbonyl (C=O) groups is 2. The van der Waals surface area contributed by atoms with Gasteiger partial charge in [-0.3, -0.25) is 13.6 Å². The summed E-state index contributed by atoms with van der Waals surface area (Å²) < 4.78 is 60.1. The van der Waals surface area contributed by atoms with Crippen LogP contribution in [0.25, 0.3) is 0 Å². The van der Waals surface area contributed by atoms with Crippen molar-refractivity contribution >= 4 is 24.8 Å². The fourth-order valence-electron chi connectivity index (χ4n) is 4.85. The molecule has 4 fully saturated rings. The summed E-state index contributed by atoms with van der Waals surface area (Å²) in [5.41, 5.74) is 0. The Kier molecular flexibility index (Phi) is 8.20. The topological polar surface area (TPSA) is 166 Å². The van der Waals surface area contributed by atoms with Crippen molar-refractivity contribution in [1.29, 1.82) is 0 Å². The molecule has 4 saturated heterocycles. The lowest BCUT2D eigenvalue weighted by Gasteiger charge is -2.27. The van der Waals surface area contributed by atoms with Gasteiger partial charge in [0, 0.05) is 0 Å². The summed E-state index contributed by atoms with van der Waals surface area (Å²) in [4.78, 5) is 23.7. The summed E-state index contributed by atoms with van der Waals surface area (Å²) in [5, 5.41) is 19.2. The Labute approximate surface area is 218 Å². The summed E-state index contributed by atoms with van der Waals surface area (Å²) in [6.45, 7) is 2.69. The van der Waals surface area contributed by atoms with Gasteiger partial charge in [0.25, 0.3) is 0 Å². The lowest BCUT2D eigenvalue weighted by atomic mass is 10.1. The van der Waals surface area contributed by atoms with Gasteiger partial charge < -0.3 is 38.6 Å². The first-order valence-corrected chi connectivity index (χ1v) is 14.0. The van der Waals surface area contributed by atoms with Crippen LogP contribution in [0, 0.1) is 0 Å². The van der Waals surface area contributed by atoms with Crippen LogP contribution in [-0.4, -0.2) is 110 Å². The first-order chi connectivity index (χ1) is 18.2. The average molecular weight is 558 g/mol. The number of fused-ring (bicyclic) bond motifs is 2. The van der Waals surface area contributed by atoms with Gasteiger partial charge in [-0.2, -0.15) is 0 Å². The second-order valence-electron chi connectivity index (χ2n) is 9.62. The Morgan fingerprint density at radius 1 is 0.737 bits per heavy atom. The zero-order chi connectivity index (χ0) is 27.0. The van der Waals surface area contributed by atoms with Crippen LogP contribution in [0.3, 0.4) is 0 Å². The zero-order valence-corrected chi connectivity index (χ0v) is 21.7. The Morgan fingerprint density at radius 3 is 1.50 bits per heavy atom. The maximum Gasteiger partial charge on any atom is 0.362 e. The third-order valence-electron chi connectivity index (χ3n) is 6.76. The summed E-state index contributed by atoms with van der Waals surface area (Å²) in [6, 6.07) is 8.40. The predicted molar refractivity (Wildman–Crippen MR) is 126 cm³/mol. The Bertz CT molecular complexity index is 989. The molecule has 4 heterocycles. The molecule has 38 heavy (non-hydrogen) atoms. The Morgan fingerprint density at radius 2 is 1.11 bits per heavy atom. The first kappa shape index (κ1) is 27.6. The minimum Gasteiger partial charge on any atom is -0.455 e. The molecular formula is C24H31O13P. The molecule has 14 heteroatoms. The number of aliphatic hydroxyl groups is 2. The molecule has 5 rings (SSSR count). The standard InChI is InChI=1S/C24H31O13P/c1-12(25)23(27)34-15-8-30-21-17(10-32-19(15)21)36-38(29,14-6-4-3-5-7-14)37-18-11-33-20-16(9-31-22(18)20)35-24(28)13(2)26/h3-7,12-13,15-22,25-26H,8-11H2,1-2H3/t12?,13?,15-,16+,17+,18-,19-,20-,21-,22-,38?/m1/s1. The molecule has 0 spiro atoms. The highest BCUT2D eigenvalue weighted by Gasteiger charge is 2.55. The van der Waals surface area contributed by atoms with Crippen LogP contribution in [-0.2, 0) is 51.6 Å². The van der Waals surface area contributed by atoms with Crippen LogP contribution >= 0.6 is 7.60 Å². The quantitative estimate of drug-likeness (QED) is 0.293. The van der Waals surface area contributed by atoms with E-state index in [-0.39, 0.29) is 26.4 Å². The van der Waals surface area contributed by atoms with Gasteiger partial charge in [-0.25, -0.2) is 9.59 Å². The highest BCUT2D eigenvalue weighted by atomic mass is 31.2. The molecule has 0 saturated carbocycles. The van der Waals surface area contributed by atoms with Gasteiger partial charge in [-0.15, -0.1) is 0 Å². The number of rotatable bonds is 9. The van der Waals surface area contributed by atoms with Crippen molar-refractivity contribution in [1.82, 2.24) is 0 Å². The highest BCUT2D eigenvalue weighted by Crippen LogP contribution is 2.53. The summed E-state index contributed by atoms with van der Waals surface area (Å²) in [5.74, 6) is -1.59. The molecule has 0 aromatic heterocycles. The summed E-state index contributed by atoms with van der Waals surface area (Å²) >= 11 is 0. The highest BCUT2D eigenvalue weighted by molar-refractivity contribution is 7.62. The van der Waals surface area contributed by atoms with E-state index in [9.17, 15) is 24.4 Å². The van der Waals surface area contributed by atoms with Gasteiger partial charge in [-0.1, -0.05) is 18.2 Å². The molecule has 210 valence electrons. The zero-order valence-electron chi connectivity index (χ0n) is 20.8. The van der Waals surface area contributed by atoms with E-state index in [1.807, 2.05) is 0 Å². The smallest absolute Gasteiger partial charge is 0.362 e. The number of aliphatic hydroxyl groups excluding tert-OH is 2.